The van der Waals surface area contributed by atoms with Crippen LogP contribution < -0.4 is 4.74 Å². The van der Waals surface area contributed by atoms with Crippen molar-refractivity contribution in [1.82, 2.24) is 9.80 Å². The molecule has 5 nitrogen and oxygen atoms in total. The van der Waals surface area contributed by atoms with E-state index in [1.807, 2.05) is 18.2 Å². The number of fused-ring (bicyclic) bond motifs is 2. The molecule has 0 N–H and O–H groups in total. The number of benzene rings is 2. The molecule has 2 aliphatic heterocycles. The van der Waals surface area contributed by atoms with Crippen LogP contribution in [0.25, 0.3) is 11.0 Å². The van der Waals surface area contributed by atoms with Gasteiger partial charge in [-0.15, -0.1) is 0 Å². The second-order valence-corrected chi connectivity index (χ2v) is 7.64. The molecule has 0 spiro atoms. The zero-order valence-electron chi connectivity index (χ0n) is 16.1. The Hall–Kier alpha value is -2.34. The van der Waals surface area contributed by atoms with Crippen molar-refractivity contribution in [3.05, 3.63) is 65.4 Å². The van der Waals surface area contributed by atoms with Gasteiger partial charge in [0.15, 0.2) is 0 Å². The van der Waals surface area contributed by atoms with Gasteiger partial charge in [0.05, 0.1) is 19.8 Å². The van der Waals surface area contributed by atoms with E-state index in [-0.39, 0.29) is 0 Å². The first-order valence-electron chi connectivity index (χ1n) is 10.1. The maximum absolute atomic E-state index is 6.02. The Morgan fingerprint density at radius 2 is 1.68 bits per heavy atom. The summed E-state index contributed by atoms with van der Waals surface area (Å²) >= 11 is 0. The van der Waals surface area contributed by atoms with Crippen LogP contribution in [0.15, 0.2) is 52.9 Å². The van der Waals surface area contributed by atoms with E-state index in [1.54, 1.807) is 0 Å². The van der Waals surface area contributed by atoms with Gasteiger partial charge < -0.3 is 13.9 Å². The van der Waals surface area contributed by atoms with Gasteiger partial charge in [-0.05, 0) is 29.8 Å². The predicted molar refractivity (Wildman–Crippen MR) is 108 cm³/mol. The molecule has 0 saturated carbocycles. The van der Waals surface area contributed by atoms with E-state index in [9.17, 15) is 0 Å². The summed E-state index contributed by atoms with van der Waals surface area (Å²) in [6.45, 7) is 7.92. The number of hydrogen-bond donors (Lipinski definition) is 0. The monoisotopic (exact) mass is 378 g/mol. The number of furan rings is 1. The largest absolute Gasteiger partial charge is 0.492 e. The number of ether oxygens (including phenoxy) is 2. The standard InChI is InChI=1S/C23H26N2O3/c1-2-4-23-19(3-1)14-21(28-23)17-25-9-12-27-22-6-5-18(13-20(22)16-25)15-24-7-10-26-11-8-24/h1-6,13-14H,7-12,15-17H2. The normalized spacial score (nSPS) is 18.6. The quantitative estimate of drug-likeness (QED) is 0.693. The molecule has 0 atom stereocenters. The van der Waals surface area contributed by atoms with E-state index in [0.29, 0.717) is 6.61 Å². The van der Waals surface area contributed by atoms with Gasteiger partial charge in [0.2, 0.25) is 0 Å². The topological polar surface area (TPSA) is 38.1 Å². The van der Waals surface area contributed by atoms with Crippen molar-refractivity contribution in [1.29, 1.82) is 0 Å². The molecule has 0 radical (unpaired) electrons. The lowest BCUT2D eigenvalue weighted by Crippen LogP contribution is -2.35. The molecule has 0 bridgehead atoms. The third-order valence-corrected chi connectivity index (χ3v) is 5.55. The molecule has 5 rings (SSSR count). The van der Waals surface area contributed by atoms with E-state index in [4.69, 9.17) is 13.9 Å². The van der Waals surface area contributed by atoms with Gasteiger partial charge >= 0.3 is 0 Å². The zero-order valence-corrected chi connectivity index (χ0v) is 16.1. The molecule has 0 amide bonds. The van der Waals surface area contributed by atoms with E-state index < -0.39 is 0 Å². The van der Waals surface area contributed by atoms with Crippen molar-refractivity contribution >= 4 is 11.0 Å². The lowest BCUT2D eigenvalue weighted by atomic mass is 10.1. The fourth-order valence-corrected chi connectivity index (χ4v) is 4.09. The Morgan fingerprint density at radius 1 is 0.821 bits per heavy atom. The van der Waals surface area contributed by atoms with Crippen LogP contribution in [-0.4, -0.2) is 49.3 Å². The lowest BCUT2D eigenvalue weighted by Gasteiger charge is -2.27. The molecule has 2 aromatic carbocycles. The van der Waals surface area contributed by atoms with Crippen LogP contribution in [0.4, 0.5) is 0 Å². The zero-order chi connectivity index (χ0) is 18.8. The average molecular weight is 378 g/mol. The first-order valence-corrected chi connectivity index (χ1v) is 10.1. The second-order valence-electron chi connectivity index (χ2n) is 7.64. The molecule has 1 fully saturated rings. The summed E-state index contributed by atoms with van der Waals surface area (Å²) in [5.41, 5.74) is 3.56. The van der Waals surface area contributed by atoms with Crippen LogP contribution in [-0.2, 0) is 24.4 Å². The highest BCUT2D eigenvalue weighted by molar-refractivity contribution is 5.77. The summed E-state index contributed by atoms with van der Waals surface area (Å²) in [6, 6.07) is 17.0. The Balaban J connectivity index is 1.31. The minimum Gasteiger partial charge on any atom is -0.492 e. The second kappa shape index (κ2) is 7.95. The average Bonchev–Trinajstić information content (AvgIpc) is 3.01. The molecule has 28 heavy (non-hydrogen) atoms. The van der Waals surface area contributed by atoms with Crippen molar-refractivity contribution in [2.45, 2.75) is 19.6 Å². The van der Waals surface area contributed by atoms with Gasteiger partial charge in [-0.1, -0.05) is 24.3 Å². The highest BCUT2D eigenvalue weighted by atomic mass is 16.5. The summed E-state index contributed by atoms with van der Waals surface area (Å²) in [6.07, 6.45) is 0. The Kier molecular flexibility index (Phi) is 5.04. The summed E-state index contributed by atoms with van der Waals surface area (Å²) < 4.78 is 17.5. The molecular weight excluding hydrogens is 352 g/mol. The molecular formula is C23H26N2O3. The number of hydrogen-bond acceptors (Lipinski definition) is 5. The third kappa shape index (κ3) is 3.92. The predicted octanol–water partition coefficient (Wildman–Crippen LogP) is 3.66. The van der Waals surface area contributed by atoms with E-state index in [1.165, 1.54) is 11.1 Å². The van der Waals surface area contributed by atoms with Gasteiger partial charge in [0, 0.05) is 43.7 Å². The molecule has 1 aromatic heterocycles. The van der Waals surface area contributed by atoms with Gasteiger partial charge in [-0.25, -0.2) is 0 Å². The van der Waals surface area contributed by atoms with Gasteiger partial charge in [-0.3, -0.25) is 9.80 Å². The number of rotatable bonds is 4. The van der Waals surface area contributed by atoms with Crippen LogP contribution in [0.1, 0.15) is 16.9 Å². The molecule has 3 heterocycles. The van der Waals surface area contributed by atoms with E-state index in [0.717, 1.165) is 75.0 Å². The maximum Gasteiger partial charge on any atom is 0.134 e. The maximum atomic E-state index is 6.02. The van der Waals surface area contributed by atoms with E-state index >= 15 is 0 Å². The van der Waals surface area contributed by atoms with Crippen LogP contribution >= 0.6 is 0 Å². The molecule has 2 aliphatic rings. The highest BCUT2D eigenvalue weighted by Crippen LogP contribution is 2.27. The van der Waals surface area contributed by atoms with Gasteiger partial charge in [0.25, 0.3) is 0 Å². The lowest BCUT2D eigenvalue weighted by molar-refractivity contribution is 0.0342. The number of para-hydroxylation sites is 1. The van der Waals surface area contributed by atoms with Crippen LogP contribution in [0.5, 0.6) is 5.75 Å². The fraction of sp³-hybridized carbons (Fsp3) is 0.391. The minimum absolute atomic E-state index is 0.704. The van der Waals surface area contributed by atoms with Gasteiger partial charge in [0.1, 0.15) is 23.7 Å². The Bertz CT molecular complexity index is 913. The van der Waals surface area contributed by atoms with Crippen molar-refractivity contribution in [3.63, 3.8) is 0 Å². The molecule has 0 aliphatic carbocycles. The summed E-state index contributed by atoms with van der Waals surface area (Å²) in [5, 5.41) is 1.16. The van der Waals surface area contributed by atoms with Crippen LogP contribution in [0.3, 0.4) is 0 Å². The summed E-state index contributed by atoms with van der Waals surface area (Å²) in [4.78, 5) is 4.86. The van der Waals surface area contributed by atoms with Crippen LogP contribution in [0.2, 0.25) is 0 Å². The number of morpholine rings is 1. The molecule has 0 unspecified atom stereocenters. The SMILES string of the molecule is c1ccc2oc(CN3CCOc4ccc(CN5CCOCC5)cc4C3)cc2c1. The van der Waals surface area contributed by atoms with Crippen molar-refractivity contribution < 1.29 is 13.9 Å². The van der Waals surface area contributed by atoms with Gasteiger partial charge in [-0.2, -0.15) is 0 Å². The van der Waals surface area contributed by atoms with Crippen LogP contribution in [0, 0.1) is 0 Å². The highest BCUT2D eigenvalue weighted by Gasteiger charge is 2.18. The molecule has 3 aromatic rings. The first-order chi connectivity index (χ1) is 13.8. The van der Waals surface area contributed by atoms with E-state index in [2.05, 4.69) is 40.1 Å². The first kappa shape index (κ1) is 17.7. The van der Waals surface area contributed by atoms with Crippen molar-refractivity contribution in [2.75, 3.05) is 39.5 Å². The summed E-state index contributed by atoms with van der Waals surface area (Å²) in [7, 11) is 0. The molecule has 146 valence electrons. The number of nitrogens with zero attached hydrogens (tertiary/aromatic N) is 2. The summed E-state index contributed by atoms with van der Waals surface area (Å²) in [5.74, 6) is 2.02. The fourth-order valence-electron chi connectivity index (χ4n) is 4.09. The van der Waals surface area contributed by atoms with Crippen molar-refractivity contribution in [2.24, 2.45) is 0 Å². The molecule has 5 heteroatoms. The Labute approximate surface area is 165 Å². The smallest absolute Gasteiger partial charge is 0.134 e. The minimum atomic E-state index is 0.704. The third-order valence-electron chi connectivity index (χ3n) is 5.55. The van der Waals surface area contributed by atoms with Crippen molar-refractivity contribution in [3.8, 4) is 5.75 Å². The molecule has 1 saturated heterocycles. The Morgan fingerprint density at radius 3 is 2.57 bits per heavy atom.